The molecule has 174 valence electrons. The maximum absolute atomic E-state index is 13.5. The molecular formula is C23H29ClN2O5S. The number of carbonyl (C=O) groups excluding carboxylic acids is 1. The molecule has 2 aromatic carbocycles. The van der Waals surface area contributed by atoms with Gasteiger partial charge in [-0.2, -0.15) is 4.31 Å². The van der Waals surface area contributed by atoms with E-state index in [1.54, 1.807) is 24.3 Å². The van der Waals surface area contributed by atoms with Crippen molar-refractivity contribution in [3.63, 3.8) is 0 Å². The third kappa shape index (κ3) is 5.94. The third-order valence-electron chi connectivity index (χ3n) is 5.46. The Hall–Kier alpha value is -2.29. The summed E-state index contributed by atoms with van der Waals surface area (Å²) in [7, 11) is -2.47. The van der Waals surface area contributed by atoms with Gasteiger partial charge in [-0.05, 0) is 62.2 Å². The first-order valence-electron chi connectivity index (χ1n) is 10.7. The number of nitrogens with one attached hydrogen (secondary N) is 1. The van der Waals surface area contributed by atoms with E-state index in [1.165, 1.54) is 29.6 Å². The Morgan fingerprint density at radius 3 is 2.41 bits per heavy atom. The molecule has 0 saturated heterocycles. The highest BCUT2D eigenvalue weighted by molar-refractivity contribution is 7.89. The first kappa shape index (κ1) is 24.4. The monoisotopic (exact) mass is 480 g/mol. The van der Waals surface area contributed by atoms with Gasteiger partial charge in [0.25, 0.3) is 0 Å². The number of hydrogen-bond acceptors (Lipinski definition) is 5. The summed E-state index contributed by atoms with van der Waals surface area (Å²) < 4.78 is 38.9. The first-order valence-corrected chi connectivity index (χ1v) is 12.5. The van der Waals surface area contributed by atoms with E-state index in [-0.39, 0.29) is 22.5 Å². The predicted octanol–water partition coefficient (Wildman–Crippen LogP) is 4.71. The number of amides is 1. The Labute approximate surface area is 194 Å². The molecule has 9 heteroatoms. The van der Waals surface area contributed by atoms with Crippen LogP contribution in [0.1, 0.15) is 39.0 Å². The van der Waals surface area contributed by atoms with E-state index in [4.69, 9.17) is 21.1 Å². The van der Waals surface area contributed by atoms with Crippen molar-refractivity contribution >= 4 is 33.2 Å². The number of hydrogen-bond donors (Lipinski definition) is 1. The van der Waals surface area contributed by atoms with Crippen LogP contribution in [0.5, 0.6) is 11.5 Å². The maximum atomic E-state index is 13.5. The molecule has 0 bridgehead atoms. The number of methoxy groups -OCH3 is 1. The molecule has 0 heterocycles. The van der Waals surface area contributed by atoms with E-state index in [2.05, 4.69) is 5.32 Å². The van der Waals surface area contributed by atoms with Crippen LogP contribution in [0.4, 0.5) is 5.69 Å². The number of ether oxygens (including phenoxy) is 2. The average Bonchev–Trinajstić information content (AvgIpc) is 2.79. The van der Waals surface area contributed by atoms with Gasteiger partial charge in [0.15, 0.2) is 0 Å². The molecule has 0 radical (unpaired) electrons. The fourth-order valence-corrected chi connectivity index (χ4v) is 5.86. The molecule has 3 rings (SSSR count). The Balaban J connectivity index is 1.82. The topological polar surface area (TPSA) is 84.9 Å². The van der Waals surface area contributed by atoms with Crippen molar-refractivity contribution in [3.05, 3.63) is 47.5 Å². The molecule has 0 spiro atoms. The summed E-state index contributed by atoms with van der Waals surface area (Å²) in [6, 6.07) is 11.1. The van der Waals surface area contributed by atoms with Gasteiger partial charge in [-0.25, -0.2) is 8.42 Å². The fraction of sp³-hybridized carbons (Fsp3) is 0.435. The van der Waals surface area contributed by atoms with E-state index in [0.29, 0.717) is 23.8 Å². The molecule has 1 N–H and O–H groups in total. The van der Waals surface area contributed by atoms with E-state index in [0.717, 1.165) is 32.1 Å². The van der Waals surface area contributed by atoms with E-state index >= 15 is 0 Å². The van der Waals surface area contributed by atoms with Crippen LogP contribution < -0.4 is 14.8 Å². The fourth-order valence-electron chi connectivity index (χ4n) is 3.87. The summed E-state index contributed by atoms with van der Waals surface area (Å²) in [6.45, 7) is 2.17. The minimum atomic E-state index is -3.94. The average molecular weight is 481 g/mol. The lowest BCUT2D eigenvalue weighted by Gasteiger charge is -2.33. The maximum Gasteiger partial charge on any atom is 0.243 e. The molecule has 2 aromatic rings. The van der Waals surface area contributed by atoms with Gasteiger partial charge < -0.3 is 14.8 Å². The van der Waals surface area contributed by atoms with Crippen molar-refractivity contribution in [2.24, 2.45) is 0 Å². The van der Waals surface area contributed by atoms with Crippen molar-refractivity contribution in [1.29, 1.82) is 0 Å². The molecule has 1 saturated carbocycles. The summed E-state index contributed by atoms with van der Waals surface area (Å²) in [5.41, 5.74) is 0.576. The molecule has 0 atom stereocenters. The normalized spacial score (nSPS) is 14.9. The number of benzene rings is 2. The van der Waals surface area contributed by atoms with E-state index in [1.807, 2.05) is 6.92 Å². The second kappa shape index (κ2) is 11.0. The van der Waals surface area contributed by atoms with Crippen LogP contribution in [0, 0.1) is 0 Å². The second-order valence-corrected chi connectivity index (χ2v) is 9.94. The van der Waals surface area contributed by atoms with Crippen molar-refractivity contribution in [1.82, 2.24) is 4.31 Å². The van der Waals surface area contributed by atoms with Gasteiger partial charge in [-0.1, -0.05) is 30.9 Å². The van der Waals surface area contributed by atoms with E-state index < -0.39 is 15.9 Å². The molecule has 7 nitrogen and oxygen atoms in total. The molecule has 1 aliphatic carbocycles. The Bertz CT molecular complexity index is 1020. The molecular weight excluding hydrogens is 452 g/mol. The predicted molar refractivity (Wildman–Crippen MR) is 125 cm³/mol. The Morgan fingerprint density at radius 2 is 1.81 bits per heavy atom. The van der Waals surface area contributed by atoms with E-state index in [9.17, 15) is 13.2 Å². The summed E-state index contributed by atoms with van der Waals surface area (Å²) in [5, 5.41) is 2.99. The third-order valence-corrected chi connectivity index (χ3v) is 7.65. The van der Waals surface area contributed by atoms with Gasteiger partial charge in [0.2, 0.25) is 15.9 Å². The molecule has 1 fully saturated rings. The van der Waals surface area contributed by atoms with Crippen molar-refractivity contribution in [2.75, 3.05) is 25.6 Å². The van der Waals surface area contributed by atoms with Crippen LogP contribution in [-0.4, -0.2) is 44.9 Å². The minimum Gasteiger partial charge on any atom is -0.495 e. The zero-order chi connectivity index (χ0) is 23.1. The summed E-state index contributed by atoms with van der Waals surface area (Å²) in [5.74, 6) is 0.694. The van der Waals surface area contributed by atoms with Gasteiger partial charge in [0, 0.05) is 11.7 Å². The molecule has 0 aliphatic heterocycles. The smallest absolute Gasteiger partial charge is 0.243 e. The summed E-state index contributed by atoms with van der Waals surface area (Å²) >= 11 is 6.18. The van der Waals surface area contributed by atoms with Crippen LogP contribution in [-0.2, 0) is 14.8 Å². The zero-order valence-electron chi connectivity index (χ0n) is 18.3. The molecule has 1 aliphatic rings. The summed E-state index contributed by atoms with van der Waals surface area (Å²) in [6.07, 6.45) is 4.37. The van der Waals surface area contributed by atoms with Crippen molar-refractivity contribution in [2.45, 2.75) is 50.0 Å². The van der Waals surface area contributed by atoms with Crippen molar-refractivity contribution < 1.29 is 22.7 Å². The van der Waals surface area contributed by atoms with Crippen LogP contribution >= 0.6 is 11.6 Å². The SMILES string of the molecule is CCOc1ccc(NC(=O)CN(C2CCCCC2)S(=O)(=O)c2ccc(OC)c(Cl)c2)cc1. The minimum absolute atomic E-state index is 0.0442. The van der Waals surface area contributed by atoms with Crippen LogP contribution in [0.25, 0.3) is 0 Å². The van der Waals surface area contributed by atoms with Crippen LogP contribution in [0.15, 0.2) is 47.4 Å². The Kier molecular flexibility index (Phi) is 8.39. The molecule has 0 unspecified atom stereocenters. The number of halogens is 1. The van der Waals surface area contributed by atoms with Gasteiger partial charge in [-0.3, -0.25) is 4.79 Å². The lowest BCUT2D eigenvalue weighted by atomic mass is 9.95. The lowest BCUT2D eigenvalue weighted by molar-refractivity contribution is -0.116. The number of sulfonamides is 1. The van der Waals surface area contributed by atoms with Crippen LogP contribution in [0.2, 0.25) is 5.02 Å². The van der Waals surface area contributed by atoms with Crippen molar-refractivity contribution in [3.8, 4) is 11.5 Å². The quantitative estimate of drug-likeness (QED) is 0.561. The highest BCUT2D eigenvalue weighted by Gasteiger charge is 2.34. The van der Waals surface area contributed by atoms with Gasteiger partial charge in [0.1, 0.15) is 11.5 Å². The largest absolute Gasteiger partial charge is 0.495 e. The highest BCUT2D eigenvalue weighted by Crippen LogP contribution is 2.32. The Morgan fingerprint density at radius 1 is 1.12 bits per heavy atom. The van der Waals surface area contributed by atoms with Gasteiger partial charge in [0.05, 0.1) is 30.2 Å². The number of nitrogens with zero attached hydrogens (tertiary/aromatic N) is 1. The highest BCUT2D eigenvalue weighted by atomic mass is 35.5. The number of anilines is 1. The zero-order valence-corrected chi connectivity index (χ0v) is 19.9. The van der Waals surface area contributed by atoms with Gasteiger partial charge >= 0.3 is 0 Å². The molecule has 32 heavy (non-hydrogen) atoms. The second-order valence-electron chi connectivity index (χ2n) is 7.64. The standard InChI is InChI=1S/C23H29ClN2O5S/c1-3-31-19-11-9-17(10-12-19)25-23(27)16-26(18-7-5-4-6-8-18)32(28,29)20-13-14-22(30-2)21(24)15-20/h9-15,18H,3-8,16H2,1-2H3,(H,25,27). The first-order chi connectivity index (χ1) is 15.3. The molecule has 1 amide bonds. The lowest BCUT2D eigenvalue weighted by Crippen LogP contribution is -2.45. The summed E-state index contributed by atoms with van der Waals surface area (Å²) in [4.78, 5) is 12.9. The number of rotatable bonds is 9. The molecule has 0 aromatic heterocycles. The van der Waals surface area contributed by atoms with Gasteiger partial charge in [-0.15, -0.1) is 0 Å². The van der Waals surface area contributed by atoms with Crippen LogP contribution in [0.3, 0.4) is 0 Å². The number of carbonyl (C=O) groups is 1.